The number of amides is 1. The Balaban J connectivity index is 2.19. The SMILES string of the molecule is C[C@@H]1CN(C(=O)/C(C#N)=C/c2ccc([N+](=O)[O-])cc2)C[C@H](C)O1. The van der Waals surface area contributed by atoms with Crippen LogP contribution in [0.3, 0.4) is 0 Å². The van der Waals surface area contributed by atoms with Crippen LogP contribution in [-0.2, 0) is 9.53 Å². The quantitative estimate of drug-likeness (QED) is 0.368. The van der Waals surface area contributed by atoms with Gasteiger partial charge in [0.15, 0.2) is 0 Å². The van der Waals surface area contributed by atoms with E-state index in [0.29, 0.717) is 18.7 Å². The van der Waals surface area contributed by atoms with Crippen LogP contribution in [0, 0.1) is 21.4 Å². The van der Waals surface area contributed by atoms with E-state index in [9.17, 15) is 20.2 Å². The van der Waals surface area contributed by atoms with Gasteiger partial charge in [0.25, 0.3) is 11.6 Å². The van der Waals surface area contributed by atoms with E-state index in [1.807, 2.05) is 19.9 Å². The Morgan fingerprint density at radius 1 is 1.35 bits per heavy atom. The fourth-order valence-corrected chi connectivity index (χ4v) is 2.51. The first-order chi connectivity index (χ1) is 10.9. The molecule has 0 aromatic heterocycles. The Labute approximate surface area is 133 Å². The number of nitro groups is 1. The topological polar surface area (TPSA) is 96.5 Å². The van der Waals surface area contributed by atoms with Crippen molar-refractivity contribution in [3.8, 4) is 6.07 Å². The summed E-state index contributed by atoms with van der Waals surface area (Å²) in [6.07, 6.45) is 1.28. The smallest absolute Gasteiger partial charge is 0.269 e. The van der Waals surface area contributed by atoms with Crippen LogP contribution in [0.5, 0.6) is 0 Å². The fourth-order valence-electron chi connectivity index (χ4n) is 2.51. The van der Waals surface area contributed by atoms with E-state index in [1.165, 1.54) is 30.3 Å². The third-order valence-electron chi connectivity index (χ3n) is 3.47. The van der Waals surface area contributed by atoms with Gasteiger partial charge in [0, 0.05) is 25.2 Å². The van der Waals surface area contributed by atoms with Crippen molar-refractivity contribution in [2.24, 2.45) is 0 Å². The lowest BCUT2D eigenvalue weighted by atomic mass is 10.1. The van der Waals surface area contributed by atoms with Crippen molar-refractivity contribution in [1.82, 2.24) is 4.90 Å². The summed E-state index contributed by atoms with van der Waals surface area (Å²) >= 11 is 0. The second kappa shape index (κ2) is 7.03. The van der Waals surface area contributed by atoms with Gasteiger partial charge in [-0.3, -0.25) is 14.9 Å². The average molecular weight is 315 g/mol. The van der Waals surface area contributed by atoms with Gasteiger partial charge in [-0.2, -0.15) is 5.26 Å². The Kier molecular flexibility index (Phi) is 5.09. The molecule has 1 fully saturated rings. The minimum absolute atomic E-state index is 0.000142. The Bertz CT molecular complexity index is 666. The number of nitro benzene ring substituents is 1. The van der Waals surface area contributed by atoms with Crippen LogP contribution in [0.25, 0.3) is 6.08 Å². The lowest BCUT2D eigenvalue weighted by molar-refractivity contribution is -0.384. The number of nitrogens with zero attached hydrogens (tertiary/aromatic N) is 3. The van der Waals surface area contributed by atoms with Crippen molar-refractivity contribution < 1.29 is 14.5 Å². The van der Waals surface area contributed by atoms with E-state index in [1.54, 1.807) is 4.90 Å². The maximum Gasteiger partial charge on any atom is 0.269 e. The molecule has 1 aromatic rings. The van der Waals surface area contributed by atoms with Gasteiger partial charge in [-0.1, -0.05) is 0 Å². The first-order valence-electron chi connectivity index (χ1n) is 7.21. The van der Waals surface area contributed by atoms with Gasteiger partial charge in [-0.15, -0.1) is 0 Å². The zero-order valence-electron chi connectivity index (χ0n) is 12.9. The van der Waals surface area contributed by atoms with E-state index in [4.69, 9.17) is 4.74 Å². The molecule has 0 N–H and O–H groups in total. The summed E-state index contributed by atoms with van der Waals surface area (Å²) in [5.74, 6) is -0.354. The molecule has 1 aliphatic heterocycles. The summed E-state index contributed by atoms with van der Waals surface area (Å²) in [5, 5.41) is 19.9. The molecule has 2 rings (SSSR count). The number of hydrogen-bond donors (Lipinski definition) is 0. The molecule has 2 atom stereocenters. The zero-order valence-corrected chi connectivity index (χ0v) is 12.9. The van der Waals surface area contributed by atoms with E-state index < -0.39 is 4.92 Å². The predicted molar refractivity (Wildman–Crippen MR) is 83.3 cm³/mol. The summed E-state index contributed by atoms with van der Waals surface area (Å²) in [7, 11) is 0. The predicted octanol–water partition coefficient (Wildman–Crippen LogP) is 2.14. The van der Waals surface area contributed by atoms with Crippen LogP contribution in [0.4, 0.5) is 5.69 Å². The van der Waals surface area contributed by atoms with Crippen LogP contribution in [0.15, 0.2) is 29.8 Å². The molecule has 7 heteroatoms. The van der Waals surface area contributed by atoms with Crippen LogP contribution >= 0.6 is 0 Å². The number of benzene rings is 1. The number of non-ortho nitro benzene ring substituents is 1. The number of carbonyl (C=O) groups is 1. The average Bonchev–Trinajstić information content (AvgIpc) is 2.51. The van der Waals surface area contributed by atoms with Crippen molar-refractivity contribution in [2.45, 2.75) is 26.1 Å². The van der Waals surface area contributed by atoms with E-state index in [2.05, 4.69) is 0 Å². The molecule has 0 saturated carbocycles. The number of ether oxygens (including phenoxy) is 1. The molecule has 0 spiro atoms. The van der Waals surface area contributed by atoms with Gasteiger partial charge in [-0.05, 0) is 37.6 Å². The molecular weight excluding hydrogens is 298 g/mol. The second-order valence-electron chi connectivity index (χ2n) is 5.49. The first-order valence-corrected chi connectivity index (χ1v) is 7.21. The maximum atomic E-state index is 12.5. The normalized spacial score (nSPS) is 21.6. The minimum Gasteiger partial charge on any atom is -0.372 e. The lowest BCUT2D eigenvalue weighted by Gasteiger charge is -2.35. The van der Waals surface area contributed by atoms with E-state index in [-0.39, 0.29) is 29.4 Å². The largest absolute Gasteiger partial charge is 0.372 e. The molecule has 0 bridgehead atoms. The number of rotatable bonds is 3. The highest BCUT2D eigenvalue weighted by molar-refractivity contribution is 6.01. The molecule has 1 saturated heterocycles. The highest BCUT2D eigenvalue weighted by atomic mass is 16.6. The minimum atomic E-state index is -0.500. The van der Waals surface area contributed by atoms with Gasteiger partial charge in [0.2, 0.25) is 0 Å². The Morgan fingerprint density at radius 3 is 2.39 bits per heavy atom. The Morgan fingerprint density at radius 2 is 1.91 bits per heavy atom. The van der Waals surface area contributed by atoms with Crippen molar-refractivity contribution in [2.75, 3.05) is 13.1 Å². The molecule has 120 valence electrons. The van der Waals surface area contributed by atoms with Crippen molar-refractivity contribution >= 4 is 17.7 Å². The monoisotopic (exact) mass is 315 g/mol. The fraction of sp³-hybridized carbons (Fsp3) is 0.375. The van der Waals surface area contributed by atoms with Gasteiger partial charge >= 0.3 is 0 Å². The molecule has 1 aliphatic rings. The number of carbonyl (C=O) groups excluding carboxylic acids is 1. The van der Waals surface area contributed by atoms with Crippen molar-refractivity contribution in [1.29, 1.82) is 5.26 Å². The number of nitriles is 1. The first kappa shape index (κ1) is 16.6. The Hall–Kier alpha value is -2.72. The summed E-state index contributed by atoms with van der Waals surface area (Å²) in [4.78, 5) is 24.2. The van der Waals surface area contributed by atoms with E-state index >= 15 is 0 Å². The third-order valence-corrected chi connectivity index (χ3v) is 3.47. The summed E-state index contributed by atoms with van der Waals surface area (Å²) in [6, 6.07) is 7.60. The molecule has 23 heavy (non-hydrogen) atoms. The van der Waals surface area contributed by atoms with Crippen LogP contribution < -0.4 is 0 Å². The summed E-state index contributed by atoms with van der Waals surface area (Å²) in [6.45, 7) is 4.62. The lowest BCUT2D eigenvalue weighted by Crippen LogP contribution is -2.48. The molecule has 7 nitrogen and oxygen atoms in total. The molecule has 1 heterocycles. The molecule has 0 unspecified atom stereocenters. The summed E-state index contributed by atoms with van der Waals surface area (Å²) in [5.41, 5.74) is 0.526. The van der Waals surface area contributed by atoms with Gasteiger partial charge in [-0.25, -0.2) is 0 Å². The molecule has 1 aromatic carbocycles. The van der Waals surface area contributed by atoms with Crippen molar-refractivity contribution in [3.05, 3.63) is 45.5 Å². The second-order valence-corrected chi connectivity index (χ2v) is 5.49. The maximum absolute atomic E-state index is 12.5. The zero-order chi connectivity index (χ0) is 17.0. The molecule has 1 amide bonds. The van der Waals surface area contributed by atoms with E-state index in [0.717, 1.165) is 0 Å². The molecule has 0 radical (unpaired) electrons. The van der Waals surface area contributed by atoms with Crippen molar-refractivity contribution in [3.63, 3.8) is 0 Å². The third kappa shape index (κ3) is 4.14. The molecule has 0 aliphatic carbocycles. The van der Waals surface area contributed by atoms with Crippen LogP contribution in [-0.4, -0.2) is 41.0 Å². The standard InChI is InChI=1S/C16H17N3O4/c1-11-9-18(10-12(2)23-11)16(20)14(8-17)7-13-3-5-15(6-4-13)19(21)22/h3-7,11-12H,9-10H2,1-2H3/b14-7+/t11-,12+. The van der Waals surface area contributed by atoms with Gasteiger partial charge in [0.1, 0.15) is 11.6 Å². The van der Waals surface area contributed by atoms with Gasteiger partial charge < -0.3 is 9.64 Å². The molecular formula is C16H17N3O4. The number of hydrogen-bond acceptors (Lipinski definition) is 5. The highest BCUT2D eigenvalue weighted by Crippen LogP contribution is 2.17. The van der Waals surface area contributed by atoms with Crippen LogP contribution in [0.2, 0.25) is 0 Å². The van der Waals surface area contributed by atoms with Crippen LogP contribution in [0.1, 0.15) is 19.4 Å². The number of morpholine rings is 1. The highest BCUT2D eigenvalue weighted by Gasteiger charge is 2.27. The summed E-state index contributed by atoms with van der Waals surface area (Å²) < 4.78 is 5.57. The van der Waals surface area contributed by atoms with Gasteiger partial charge in [0.05, 0.1) is 17.1 Å².